The van der Waals surface area contributed by atoms with Crippen LogP contribution in [0.2, 0.25) is 0 Å². The Morgan fingerprint density at radius 3 is 3.09 bits per heavy atom. The van der Waals surface area contributed by atoms with E-state index >= 15 is 0 Å². The van der Waals surface area contributed by atoms with Crippen LogP contribution in [0.1, 0.15) is 17.4 Å². The Balaban J connectivity index is 0.00000176. The molecule has 1 saturated heterocycles. The Kier molecular flexibility index (Phi) is 5.90. The third-order valence-corrected chi connectivity index (χ3v) is 3.74. The lowest BCUT2D eigenvalue weighted by Gasteiger charge is -2.30. The minimum absolute atomic E-state index is 0. The summed E-state index contributed by atoms with van der Waals surface area (Å²) >= 11 is 0. The summed E-state index contributed by atoms with van der Waals surface area (Å²) in [6, 6.07) is 8.15. The molecule has 0 bridgehead atoms. The highest BCUT2D eigenvalue weighted by molar-refractivity contribution is 5.85. The van der Waals surface area contributed by atoms with E-state index in [1.807, 2.05) is 24.3 Å². The summed E-state index contributed by atoms with van der Waals surface area (Å²) in [6.45, 7) is 3.40. The Morgan fingerprint density at radius 2 is 2.32 bits per heavy atom. The van der Waals surface area contributed by atoms with Gasteiger partial charge in [-0.2, -0.15) is 4.98 Å². The van der Waals surface area contributed by atoms with E-state index in [2.05, 4.69) is 27.4 Å². The Bertz CT molecular complexity index is 605. The number of rotatable bonds is 4. The molecule has 1 aromatic carbocycles. The zero-order valence-corrected chi connectivity index (χ0v) is 13.6. The molecule has 6 nitrogen and oxygen atoms in total. The van der Waals surface area contributed by atoms with Gasteiger partial charge < -0.3 is 14.6 Å². The number of hydrogen-bond donors (Lipinski definition) is 1. The van der Waals surface area contributed by atoms with E-state index in [9.17, 15) is 0 Å². The predicted molar refractivity (Wildman–Crippen MR) is 85.9 cm³/mol. The van der Waals surface area contributed by atoms with Gasteiger partial charge in [-0.1, -0.05) is 17.3 Å². The molecule has 7 heteroatoms. The molecule has 2 aromatic rings. The maximum Gasteiger partial charge on any atom is 0.257 e. The lowest BCUT2D eigenvalue weighted by Crippen LogP contribution is -2.44. The molecule has 0 radical (unpaired) electrons. The van der Waals surface area contributed by atoms with Crippen molar-refractivity contribution in [2.45, 2.75) is 12.6 Å². The van der Waals surface area contributed by atoms with Crippen LogP contribution in [0.5, 0.6) is 0 Å². The topological polar surface area (TPSA) is 63.4 Å². The molecule has 1 atom stereocenters. The van der Waals surface area contributed by atoms with Gasteiger partial charge in [0, 0.05) is 32.3 Å². The van der Waals surface area contributed by atoms with Crippen molar-refractivity contribution in [3.8, 4) is 11.5 Å². The van der Waals surface area contributed by atoms with Crippen molar-refractivity contribution in [1.29, 1.82) is 0 Å². The van der Waals surface area contributed by atoms with Gasteiger partial charge in [-0.05, 0) is 24.7 Å². The number of likely N-dealkylation sites (N-methyl/N-ethyl adjacent to an activating group) is 1. The largest absolute Gasteiger partial charge is 0.380 e. The van der Waals surface area contributed by atoms with Gasteiger partial charge in [0.2, 0.25) is 0 Å². The fourth-order valence-electron chi connectivity index (χ4n) is 2.54. The molecule has 120 valence electrons. The third-order valence-electron chi connectivity index (χ3n) is 3.74. The Morgan fingerprint density at radius 1 is 1.45 bits per heavy atom. The van der Waals surface area contributed by atoms with Gasteiger partial charge in [-0.15, -0.1) is 12.4 Å². The molecule has 0 spiro atoms. The number of hydrogen-bond acceptors (Lipinski definition) is 6. The number of nitrogens with zero attached hydrogens (tertiary/aromatic N) is 3. The average Bonchev–Trinajstić information content (AvgIpc) is 2.98. The van der Waals surface area contributed by atoms with Crippen molar-refractivity contribution in [3.63, 3.8) is 0 Å². The number of piperazine rings is 1. The molecule has 1 aliphatic rings. The second kappa shape index (κ2) is 7.69. The van der Waals surface area contributed by atoms with Crippen LogP contribution in [-0.4, -0.2) is 48.8 Å². The molecule has 22 heavy (non-hydrogen) atoms. The highest BCUT2D eigenvalue weighted by atomic mass is 35.5. The molecule has 1 fully saturated rings. The quantitative estimate of drug-likeness (QED) is 0.926. The van der Waals surface area contributed by atoms with E-state index in [1.165, 1.54) is 0 Å². The highest BCUT2D eigenvalue weighted by Gasteiger charge is 2.25. The Labute approximate surface area is 136 Å². The summed E-state index contributed by atoms with van der Waals surface area (Å²) < 4.78 is 10.6. The molecule has 2 heterocycles. The number of methoxy groups -OCH3 is 1. The predicted octanol–water partition coefficient (Wildman–Crippen LogP) is 1.88. The smallest absolute Gasteiger partial charge is 0.257 e. The summed E-state index contributed by atoms with van der Waals surface area (Å²) in [5.41, 5.74) is 2.01. The standard InChI is InChI=1S/C15H20N4O2.ClH/c1-19-7-6-16-9-13(19)14-17-15(21-18-14)12-5-3-4-11(8-12)10-20-2;/h3-5,8,13,16H,6-7,9-10H2,1-2H3;1H. The summed E-state index contributed by atoms with van der Waals surface area (Å²) in [7, 11) is 3.77. The maximum absolute atomic E-state index is 5.43. The van der Waals surface area contributed by atoms with Crippen LogP contribution in [0.25, 0.3) is 11.5 Å². The van der Waals surface area contributed by atoms with Crippen LogP contribution in [0.15, 0.2) is 28.8 Å². The van der Waals surface area contributed by atoms with Crippen LogP contribution in [0, 0.1) is 0 Å². The minimum Gasteiger partial charge on any atom is -0.380 e. The fourth-order valence-corrected chi connectivity index (χ4v) is 2.54. The molecule has 3 rings (SSSR count). The fraction of sp³-hybridized carbons (Fsp3) is 0.467. The Hall–Kier alpha value is -1.47. The summed E-state index contributed by atoms with van der Waals surface area (Å²) in [4.78, 5) is 6.80. The molecular formula is C15H21ClN4O2. The van der Waals surface area contributed by atoms with Crippen molar-refractivity contribution < 1.29 is 9.26 Å². The van der Waals surface area contributed by atoms with Crippen molar-refractivity contribution >= 4 is 12.4 Å². The minimum atomic E-state index is 0. The van der Waals surface area contributed by atoms with Crippen molar-refractivity contribution in [2.24, 2.45) is 0 Å². The number of ether oxygens (including phenoxy) is 1. The lowest BCUT2D eigenvalue weighted by atomic mass is 10.1. The van der Waals surface area contributed by atoms with E-state index in [0.717, 1.165) is 36.6 Å². The third kappa shape index (κ3) is 3.64. The van der Waals surface area contributed by atoms with Crippen LogP contribution in [0.3, 0.4) is 0 Å². The van der Waals surface area contributed by atoms with Crippen LogP contribution in [0.4, 0.5) is 0 Å². The number of aromatic nitrogens is 2. The van der Waals surface area contributed by atoms with E-state index in [0.29, 0.717) is 12.5 Å². The van der Waals surface area contributed by atoms with Crippen LogP contribution in [-0.2, 0) is 11.3 Å². The van der Waals surface area contributed by atoms with Gasteiger partial charge in [0.1, 0.15) is 0 Å². The van der Waals surface area contributed by atoms with Crippen molar-refractivity contribution in [1.82, 2.24) is 20.4 Å². The van der Waals surface area contributed by atoms with Gasteiger partial charge in [-0.25, -0.2) is 0 Å². The molecule has 1 N–H and O–H groups in total. The van der Waals surface area contributed by atoms with Gasteiger partial charge >= 0.3 is 0 Å². The molecule has 0 saturated carbocycles. The van der Waals surface area contributed by atoms with E-state index in [-0.39, 0.29) is 18.4 Å². The first kappa shape index (κ1) is 16.9. The first-order chi connectivity index (χ1) is 10.3. The molecule has 1 unspecified atom stereocenters. The van der Waals surface area contributed by atoms with Crippen molar-refractivity contribution in [3.05, 3.63) is 35.7 Å². The first-order valence-electron chi connectivity index (χ1n) is 7.11. The highest BCUT2D eigenvalue weighted by Crippen LogP contribution is 2.23. The summed E-state index contributed by atoms with van der Waals surface area (Å²) in [6.07, 6.45) is 0. The molecular weight excluding hydrogens is 304 g/mol. The van der Waals surface area contributed by atoms with E-state index < -0.39 is 0 Å². The summed E-state index contributed by atoms with van der Waals surface area (Å²) in [5.74, 6) is 1.29. The second-order valence-electron chi connectivity index (χ2n) is 5.29. The molecule has 1 aromatic heterocycles. The number of nitrogens with one attached hydrogen (secondary N) is 1. The molecule has 0 aliphatic carbocycles. The van der Waals surface area contributed by atoms with Gasteiger partial charge in [0.15, 0.2) is 5.82 Å². The monoisotopic (exact) mass is 324 g/mol. The zero-order valence-electron chi connectivity index (χ0n) is 12.8. The number of halogens is 1. The lowest BCUT2D eigenvalue weighted by molar-refractivity contribution is 0.185. The first-order valence-corrected chi connectivity index (χ1v) is 7.11. The van der Waals surface area contributed by atoms with Crippen LogP contribution >= 0.6 is 12.4 Å². The normalized spacial score (nSPS) is 18.9. The van der Waals surface area contributed by atoms with E-state index in [1.54, 1.807) is 7.11 Å². The zero-order chi connectivity index (χ0) is 14.7. The van der Waals surface area contributed by atoms with Gasteiger partial charge in [-0.3, -0.25) is 4.90 Å². The summed E-state index contributed by atoms with van der Waals surface area (Å²) in [5, 5.41) is 7.50. The SMILES string of the molecule is COCc1cccc(-c2nc(C3CNCCN3C)no2)c1.Cl. The van der Waals surface area contributed by atoms with Gasteiger partial charge in [0.05, 0.1) is 12.6 Å². The van der Waals surface area contributed by atoms with Gasteiger partial charge in [0.25, 0.3) is 5.89 Å². The van der Waals surface area contributed by atoms with Crippen LogP contribution < -0.4 is 5.32 Å². The number of benzene rings is 1. The van der Waals surface area contributed by atoms with E-state index in [4.69, 9.17) is 9.26 Å². The van der Waals surface area contributed by atoms with Crippen molar-refractivity contribution in [2.75, 3.05) is 33.8 Å². The molecule has 0 amide bonds. The second-order valence-corrected chi connectivity index (χ2v) is 5.29. The molecule has 1 aliphatic heterocycles. The maximum atomic E-state index is 5.43. The average molecular weight is 325 g/mol.